The van der Waals surface area contributed by atoms with Crippen LogP contribution in [0.5, 0.6) is 0 Å². The van der Waals surface area contributed by atoms with Crippen LogP contribution in [0.1, 0.15) is 26.3 Å². The number of benzene rings is 1. The fourth-order valence-corrected chi connectivity index (χ4v) is 3.38. The summed E-state index contributed by atoms with van der Waals surface area (Å²) in [6.45, 7) is 11.4. The second-order valence-electron chi connectivity index (χ2n) is 8.19. The van der Waals surface area contributed by atoms with E-state index < -0.39 is 0 Å². The zero-order chi connectivity index (χ0) is 22.7. The molecule has 4 aromatic rings. The van der Waals surface area contributed by atoms with Gasteiger partial charge in [-0.05, 0) is 55.0 Å². The lowest BCUT2D eigenvalue weighted by molar-refractivity contribution is 0.588. The van der Waals surface area contributed by atoms with Crippen molar-refractivity contribution in [2.45, 2.75) is 33.4 Å². The molecule has 0 fully saturated rings. The summed E-state index contributed by atoms with van der Waals surface area (Å²) in [7, 11) is 0. The molecule has 7 heteroatoms. The number of hydrogen-bond acceptors (Lipinski definition) is 5. The molecule has 0 spiro atoms. The molecule has 1 aromatic carbocycles. The van der Waals surface area contributed by atoms with Crippen molar-refractivity contribution in [3.8, 4) is 22.6 Å². The second kappa shape index (κ2) is 9.28. The maximum absolute atomic E-state index is 13.6. The third kappa shape index (κ3) is 4.84. The van der Waals surface area contributed by atoms with Crippen molar-refractivity contribution in [2.75, 3.05) is 11.9 Å². The summed E-state index contributed by atoms with van der Waals surface area (Å²) in [5, 5.41) is 6.62. The number of pyridine rings is 1. The summed E-state index contributed by atoms with van der Waals surface area (Å²) >= 11 is 0. The average molecular weight is 431 g/mol. The SMILES string of the molecule is C=C(C)CNc1nccc(-c2c(-c3ccc(F)cc3)nc3cc(CNC(C)C)ccn23)n1. The fourth-order valence-electron chi connectivity index (χ4n) is 3.38. The molecule has 32 heavy (non-hydrogen) atoms. The van der Waals surface area contributed by atoms with Crippen molar-refractivity contribution in [1.29, 1.82) is 0 Å². The minimum atomic E-state index is -0.283. The maximum Gasteiger partial charge on any atom is 0.223 e. The summed E-state index contributed by atoms with van der Waals surface area (Å²) < 4.78 is 15.6. The van der Waals surface area contributed by atoms with Gasteiger partial charge in [-0.1, -0.05) is 26.0 Å². The Morgan fingerprint density at radius 1 is 1.12 bits per heavy atom. The van der Waals surface area contributed by atoms with E-state index in [2.05, 4.69) is 48.2 Å². The predicted molar refractivity (Wildman–Crippen MR) is 127 cm³/mol. The number of rotatable bonds is 8. The number of anilines is 1. The van der Waals surface area contributed by atoms with E-state index >= 15 is 0 Å². The summed E-state index contributed by atoms with van der Waals surface area (Å²) in [5.41, 5.74) is 6.05. The molecule has 3 aromatic heterocycles. The van der Waals surface area contributed by atoms with Gasteiger partial charge in [0.25, 0.3) is 0 Å². The van der Waals surface area contributed by atoms with Crippen molar-refractivity contribution in [3.05, 3.63) is 78.4 Å². The van der Waals surface area contributed by atoms with Crippen LogP contribution in [0.3, 0.4) is 0 Å². The minimum Gasteiger partial charge on any atom is -0.350 e. The lowest BCUT2D eigenvalue weighted by Gasteiger charge is -2.10. The van der Waals surface area contributed by atoms with E-state index in [0.717, 1.165) is 46.0 Å². The van der Waals surface area contributed by atoms with E-state index in [1.165, 1.54) is 12.1 Å². The first-order valence-corrected chi connectivity index (χ1v) is 10.6. The van der Waals surface area contributed by atoms with Crippen LogP contribution < -0.4 is 10.6 Å². The molecule has 0 atom stereocenters. The molecule has 164 valence electrons. The number of nitrogens with zero attached hydrogens (tertiary/aromatic N) is 4. The predicted octanol–water partition coefficient (Wildman–Crippen LogP) is 5.08. The molecule has 2 N–H and O–H groups in total. The summed E-state index contributed by atoms with van der Waals surface area (Å²) in [4.78, 5) is 13.9. The number of fused-ring (bicyclic) bond motifs is 1. The Hall–Kier alpha value is -3.58. The largest absolute Gasteiger partial charge is 0.350 e. The summed E-state index contributed by atoms with van der Waals surface area (Å²) in [5.74, 6) is 0.234. The Balaban J connectivity index is 1.83. The van der Waals surface area contributed by atoms with Crippen LogP contribution in [0.25, 0.3) is 28.3 Å². The van der Waals surface area contributed by atoms with Crippen molar-refractivity contribution >= 4 is 11.6 Å². The standard InChI is InChI=1S/C25H27FN6/c1-16(2)14-29-25-27-11-9-21(30-25)24-23(19-5-7-20(26)8-6-19)31-22-13-18(10-12-32(22)24)15-28-17(3)4/h5-13,17,28H,1,14-15H2,2-4H3,(H,27,29,30). The molecule has 6 nitrogen and oxygen atoms in total. The zero-order valence-electron chi connectivity index (χ0n) is 18.6. The quantitative estimate of drug-likeness (QED) is 0.382. The minimum absolute atomic E-state index is 0.283. The van der Waals surface area contributed by atoms with Crippen LogP contribution in [-0.4, -0.2) is 31.9 Å². The molecule has 0 aliphatic carbocycles. The van der Waals surface area contributed by atoms with Crippen molar-refractivity contribution in [3.63, 3.8) is 0 Å². The van der Waals surface area contributed by atoms with E-state index in [1.807, 2.05) is 23.6 Å². The molecule has 0 unspecified atom stereocenters. The second-order valence-corrected chi connectivity index (χ2v) is 8.19. The van der Waals surface area contributed by atoms with Gasteiger partial charge >= 0.3 is 0 Å². The first kappa shape index (κ1) is 21.6. The van der Waals surface area contributed by atoms with Crippen molar-refractivity contribution in [2.24, 2.45) is 0 Å². The summed E-state index contributed by atoms with van der Waals surface area (Å²) in [6, 6.07) is 12.8. The van der Waals surface area contributed by atoms with Gasteiger partial charge in [-0.25, -0.2) is 19.3 Å². The molecule has 0 bridgehead atoms. The lowest BCUT2D eigenvalue weighted by Crippen LogP contribution is -2.21. The van der Waals surface area contributed by atoms with Gasteiger partial charge in [0, 0.05) is 37.1 Å². The Kier molecular flexibility index (Phi) is 6.28. The van der Waals surface area contributed by atoms with Crippen molar-refractivity contribution in [1.82, 2.24) is 24.7 Å². The van der Waals surface area contributed by atoms with Crippen LogP contribution in [-0.2, 0) is 6.54 Å². The van der Waals surface area contributed by atoms with E-state index in [9.17, 15) is 4.39 Å². The Morgan fingerprint density at radius 3 is 2.62 bits per heavy atom. The third-order valence-electron chi connectivity index (χ3n) is 4.97. The number of halogens is 1. The maximum atomic E-state index is 13.6. The van der Waals surface area contributed by atoms with Gasteiger partial charge in [-0.15, -0.1) is 0 Å². The Labute approximate surface area is 187 Å². The first-order valence-electron chi connectivity index (χ1n) is 10.6. The molecule has 0 saturated heterocycles. The molecule has 0 aliphatic heterocycles. The van der Waals surface area contributed by atoms with E-state index in [0.29, 0.717) is 18.5 Å². The van der Waals surface area contributed by atoms with Crippen LogP contribution in [0.15, 0.2) is 67.0 Å². The van der Waals surface area contributed by atoms with Gasteiger partial charge in [-0.2, -0.15) is 0 Å². The molecule has 3 heterocycles. The van der Waals surface area contributed by atoms with Gasteiger partial charge in [0.15, 0.2) is 0 Å². The zero-order valence-corrected chi connectivity index (χ0v) is 18.6. The fraction of sp³-hybridized carbons (Fsp3) is 0.240. The van der Waals surface area contributed by atoms with E-state index in [4.69, 9.17) is 9.97 Å². The third-order valence-corrected chi connectivity index (χ3v) is 4.97. The van der Waals surface area contributed by atoms with Crippen LogP contribution in [0.4, 0.5) is 10.3 Å². The van der Waals surface area contributed by atoms with Crippen LogP contribution in [0.2, 0.25) is 0 Å². The highest BCUT2D eigenvalue weighted by Gasteiger charge is 2.18. The van der Waals surface area contributed by atoms with Crippen LogP contribution in [0, 0.1) is 5.82 Å². The van der Waals surface area contributed by atoms with Gasteiger partial charge < -0.3 is 10.6 Å². The number of aromatic nitrogens is 4. The molecule has 0 saturated carbocycles. The molecular weight excluding hydrogens is 403 g/mol. The molecular formula is C25H27FN6. The molecule has 0 amide bonds. The number of hydrogen-bond donors (Lipinski definition) is 2. The highest BCUT2D eigenvalue weighted by molar-refractivity contribution is 5.80. The Bertz CT molecular complexity index is 1240. The van der Waals surface area contributed by atoms with E-state index in [1.54, 1.807) is 18.3 Å². The van der Waals surface area contributed by atoms with Gasteiger partial charge in [0.2, 0.25) is 5.95 Å². The monoisotopic (exact) mass is 430 g/mol. The molecule has 4 rings (SSSR count). The van der Waals surface area contributed by atoms with E-state index in [-0.39, 0.29) is 5.82 Å². The number of imidazole rings is 1. The molecule has 0 radical (unpaired) electrons. The first-order chi connectivity index (χ1) is 15.4. The average Bonchev–Trinajstić information content (AvgIpc) is 3.15. The van der Waals surface area contributed by atoms with Gasteiger partial charge in [0.05, 0.1) is 17.1 Å². The Morgan fingerprint density at radius 2 is 1.91 bits per heavy atom. The lowest BCUT2D eigenvalue weighted by atomic mass is 10.1. The summed E-state index contributed by atoms with van der Waals surface area (Å²) in [6.07, 6.45) is 3.73. The number of nitrogens with one attached hydrogen (secondary N) is 2. The molecule has 0 aliphatic rings. The smallest absolute Gasteiger partial charge is 0.223 e. The highest BCUT2D eigenvalue weighted by atomic mass is 19.1. The topological polar surface area (TPSA) is 67.1 Å². The van der Waals surface area contributed by atoms with Crippen LogP contribution >= 0.6 is 0 Å². The van der Waals surface area contributed by atoms with Gasteiger partial charge in [-0.3, -0.25) is 4.40 Å². The van der Waals surface area contributed by atoms with Gasteiger partial charge in [0.1, 0.15) is 11.5 Å². The van der Waals surface area contributed by atoms with Crippen molar-refractivity contribution < 1.29 is 4.39 Å². The normalized spacial score (nSPS) is 11.3. The highest BCUT2D eigenvalue weighted by Crippen LogP contribution is 2.32.